The number of fused-ring (bicyclic) bond motifs is 1. The van der Waals surface area contributed by atoms with E-state index in [1.807, 2.05) is 11.5 Å². The van der Waals surface area contributed by atoms with Crippen molar-refractivity contribution in [3.05, 3.63) is 47.8 Å². The predicted octanol–water partition coefficient (Wildman–Crippen LogP) is 4.23. The second-order valence-corrected chi connectivity index (χ2v) is 9.82. The molecule has 1 N–H and O–H groups in total. The van der Waals surface area contributed by atoms with Gasteiger partial charge in [0.2, 0.25) is 15.9 Å². The highest BCUT2D eigenvalue weighted by atomic mass is 32.2. The molecule has 1 heterocycles. The van der Waals surface area contributed by atoms with Crippen LogP contribution in [0, 0.1) is 17.5 Å². The predicted molar refractivity (Wildman–Crippen MR) is 121 cm³/mol. The number of rotatable bonds is 9. The maximum absolute atomic E-state index is 13.8. The summed E-state index contributed by atoms with van der Waals surface area (Å²) in [6.45, 7) is 6.60. The summed E-state index contributed by atoms with van der Waals surface area (Å²) in [7, 11) is -3.65. The van der Waals surface area contributed by atoms with Gasteiger partial charge in [0.1, 0.15) is 0 Å². The molecule has 2 aromatic carbocycles. The van der Waals surface area contributed by atoms with Crippen LogP contribution in [-0.4, -0.2) is 47.0 Å². The van der Waals surface area contributed by atoms with E-state index in [2.05, 4.69) is 10.3 Å². The van der Waals surface area contributed by atoms with Crippen molar-refractivity contribution < 1.29 is 26.4 Å². The lowest BCUT2D eigenvalue weighted by Gasteiger charge is -2.18. The number of benzene rings is 2. The van der Waals surface area contributed by atoms with Crippen LogP contribution in [0.2, 0.25) is 0 Å². The molecule has 0 aliphatic carbocycles. The Hall–Kier alpha value is -2.57. The highest BCUT2D eigenvalue weighted by Crippen LogP contribution is 2.28. The molecule has 1 aromatic heterocycles. The van der Waals surface area contributed by atoms with Crippen LogP contribution in [-0.2, 0) is 21.4 Å². The van der Waals surface area contributed by atoms with Crippen LogP contribution < -0.4 is 5.32 Å². The van der Waals surface area contributed by atoms with E-state index < -0.39 is 39.1 Å². The molecular weight excluding hydrogens is 477 g/mol. The summed E-state index contributed by atoms with van der Waals surface area (Å²) in [5.74, 6) is -5.30. The summed E-state index contributed by atoms with van der Waals surface area (Å²) in [4.78, 5) is 16.8. The average Bonchev–Trinajstić information content (AvgIpc) is 3.15. The maximum atomic E-state index is 13.8. The van der Waals surface area contributed by atoms with E-state index >= 15 is 0 Å². The van der Waals surface area contributed by atoms with Crippen LogP contribution in [0.4, 0.5) is 18.9 Å². The second kappa shape index (κ2) is 10.1. The Morgan fingerprint density at radius 2 is 1.79 bits per heavy atom. The van der Waals surface area contributed by atoms with Crippen LogP contribution in [0.3, 0.4) is 0 Å². The molecule has 0 aliphatic heterocycles. The largest absolute Gasteiger partial charge is 0.323 e. The van der Waals surface area contributed by atoms with Gasteiger partial charge in [0.15, 0.2) is 22.6 Å². The lowest BCUT2D eigenvalue weighted by molar-refractivity contribution is -0.113. The molecule has 0 fully saturated rings. The van der Waals surface area contributed by atoms with E-state index in [4.69, 9.17) is 0 Å². The highest BCUT2D eigenvalue weighted by molar-refractivity contribution is 7.99. The molecule has 0 saturated heterocycles. The van der Waals surface area contributed by atoms with Crippen LogP contribution in [0.1, 0.15) is 20.8 Å². The summed E-state index contributed by atoms with van der Waals surface area (Å²) >= 11 is 1.06. The second-order valence-electron chi connectivity index (χ2n) is 6.94. The van der Waals surface area contributed by atoms with Gasteiger partial charge in [-0.1, -0.05) is 25.6 Å². The van der Waals surface area contributed by atoms with Crippen molar-refractivity contribution in [2.24, 2.45) is 0 Å². The zero-order valence-electron chi connectivity index (χ0n) is 18.2. The van der Waals surface area contributed by atoms with Crippen molar-refractivity contribution in [1.29, 1.82) is 0 Å². The number of aromatic nitrogens is 2. The number of aryl methyl sites for hydroxylation is 1. The average molecular weight is 501 g/mol. The first-order valence-corrected chi connectivity index (χ1v) is 12.6. The first kappa shape index (κ1) is 25.1. The number of sulfonamides is 1. The number of halogens is 3. The minimum atomic E-state index is -3.65. The van der Waals surface area contributed by atoms with E-state index in [0.717, 1.165) is 23.9 Å². The Morgan fingerprint density at radius 1 is 1.09 bits per heavy atom. The van der Waals surface area contributed by atoms with Gasteiger partial charge in [0.25, 0.3) is 0 Å². The van der Waals surface area contributed by atoms with Crippen molar-refractivity contribution in [1.82, 2.24) is 13.9 Å². The fourth-order valence-electron chi connectivity index (χ4n) is 3.32. The van der Waals surface area contributed by atoms with Crippen LogP contribution in [0.5, 0.6) is 0 Å². The number of carbonyl (C=O) groups is 1. The number of hydrogen-bond acceptors (Lipinski definition) is 5. The van der Waals surface area contributed by atoms with Crippen molar-refractivity contribution in [3.63, 3.8) is 0 Å². The lowest BCUT2D eigenvalue weighted by Crippen LogP contribution is -2.30. The quantitative estimate of drug-likeness (QED) is 0.351. The Kier molecular flexibility index (Phi) is 7.70. The first-order valence-electron chi connectivity index (χ1n) is 10.2. The monoisotopic (exact) mass is 500 g/mol. The third kappa shape index (κ3) is 5.02. The van der Waals surface area contributed by atoms with Gasteiger partial charge in [-0.25, -0.2) is 26.6 Å². The molecule has 1 amide bonds. The zero-order chi connectivity index (χ0) is 24.3. The van der Waals surface area contributed by atoms with E-state index in [1.165, 1.54) is 16.4 Å². The molecule has 0 atom stereocenters. The molecule has 3 aromatic rings. The summed E-state index contributed by atoms with van der Waals surface area (Å²) in [6.07, 6.45) is 0. The zero-order valence-corrected chi connectivity index (χ0v) is 19.9. The van der Waals surface area contributed by atoms with Gasteiger partial charge in [-0.3, -0.25) is 4.79 Å². The minimum Gasteiger partial charge on any atom is -0.323 e. The van der Waals surface area contributed by atoms with Crippen molar-refractivity contribution in [2.75, 3.05) is 24.2 Å². The third-order valence-electron chi connectivity index (χ3n) is 4.99. The molecule has 0 saturated carbocycles. The number of anilines is 1. The fraction of sp³-hybridized carbons (Fsp3) is 0.333. The van der Waals surface area contributed by atoms with Gasteiger partial charge in [0, 0.05) is 19.6 Å². The van der Waals surface area contributed by atoms with Crippen LogP contribution in [0.15, 0.2) is 40.4 Å². The van der Waals surface area contributed by atoms with E-state index in [-0.39, 0.29) is 10.6 Å². The summed E-state index contributed by atoms with van der Waals surface area (Å²) in [5.41, 5.74) is 0.694. The lowest BCUT2D eigenvalue weighted by atomic mass is 10.3. The molecule has 0 radical (unpaired) electrons. The smallest absolute Gasteiger partial charge is 0.243 e. The topological polar surface area (TPSA) is 84.3 Å². The van der Waals surface area contributed by atoms with Gasteiger partial charge < -0.3 is 9.88 Å². The Morgan fingerprint density at radius 3 is 2.42 bits per heavy atom. The van der Waals surface area contributed by atoms with E-state index in [1.54, 1.807) is 19.9 Å². The van der Waals surface area contributed by atoms with Crippen molar-refractivity contribution >= 4 is 44.4 Å². The summed E-state index contributed by atoms with van der Waals surface area (Å²) in [5, 5.41) is 2.67. The number of thioether (sulfide) groups is 1. The molecule has 33 heavy (non-hydrogen) atoms. The number of nitrogens with zero attached hydrogens (tertiary/aromatic N) is 3. The SMILES string of the molecule is CCN(CC)S(=O)(=O)c1ccc2c(c1)nc(SCC(=O)Nc1ccc(F)c(F)c1F)n2CC. The standard InChI is InChI=1S/C21H23F3N4O3S2/c1-4-27(5-2)33(30,31)13-7-10-17-16(11-13)26-21(28(17)6-3)32-12-18(29)25-15-9-8-14(22)19(23)20(15)24/h7-11H,4-6,12H2,1-3H3,(H,25,29). The summed E-state index contributed by atoms with van der Waals surface area (Å²) < 4.78 is 69.0. The number of imidazole rings is 1. The van der Waals surface area contributed by atoms with Gasteiger partial charge in [-0.15, -0.1) is 0 Å². The fourth-order valence-corrected chi connectivity index (χ4v) is 5.67. The number of carbonyl (C=O) groups excluding carboxylic acids is 1. The van der Waals surface area contributed by atoms with Gasteiger partial charge in [-0.05, 0) is 37.3 Å². The van der Waals surface area contributed by atoms with Crippen molar-refractivity contribution in [3.8, 4) is 0 Å². The van der Waals surface area contributed by atoms with Crippen LogP contribution >= 0.6 is 11.8 Å². The molecule has 0 bridgehead atoms. The number of hydrogen-bond donors (Lipinski definition) is 1. The van der Waals surface area contributed by atoms with E-state index in [0.29, 0.717) is 35.8 Å². The Balaban J connectivity index is 1.82. The van der Waals surface area contributed by atoms with Crippen molar-refractivity contribution in [2.45, 2.75) is 37.4 Å². The van der Waals surface area contributed by atoms with Gasteiger partial charge in [-0.2, -0.15) is 4.31 Å². The summed E-state index contributed by atoms with van der Waals surface area (Å²) in [6, 6.07) is 6.35. The van der Waals surface area contributed by atoms with Crippen LogP contribution in [0.25, 0.3) is 11.0 Å². The molecule has 0 spiro atoms. The molecule has 0 aliphatic rings. The van der Waals surface area contributed by atoms with Gasteiger partial charge in [0.05, 0.1) is 27.4 Å². The first-order chi connectivity index (χ1) is 15.6. The van der Waals surface area contributed by atoms with E-state index in [9.17, 15) is 26.4 Å². The normalized spacial score (nSPS) is 12.0. The molecule has 3 rings (SSSR count). The number of amides is 1. The molecular formula is C21H23F3N4O3S2. The Labute approximate surface area is 194 Å². The molecule has 12 heteroatoms. The Bertz CT molecular complexity index is 1290. The molecule has 178 valence electrons. The number of nitrogens with one attached hydrogen (secondary N) is 1. The maximum Gasteiger partial charge on any atom is 0.243 e. The minimum absolute atomic E-state index is 0.127. The third-order valence-corrected chi connectivity index (χ3v) is 8.01. The molecule has 7 nitrogen and oxygen atoms in total. The molecule has 0 unspecified atom stereocenters. The highest BCUT2D eigenvalue weighted by Gasteiger charge is 2.23. The van der Waals surface area contributed by atoms with Gasteiger partial charge >= 0.3 is 0 Å².